The zero-order chi connectivity index (χ0) is 30.0. The number of esters is 2. The van der Waals surface area contributed by atoms with Crippen molar-refractivity contribution in [1.82, 2.24) is 0 Å². The molecule has 0 bridgehead atoms. The van der Waals surface area contributed by atoms with Gasteiger partial charge in [-0.3, -0.25) is 9.59 Å². The number of fused-ring (bicyclic) bond motifs is 1. The van der Waals surface area contributed by atoms with Crippen LogP contribution in [0.1, 0.15) is 100.0 Å². The summed E-state index contributed by atoms with van der Waals surface area (Å²) >= 11 is 6.22. The van der Waals surface area contributed by atoms with Crippen molar-refractivity contribution >= 4 is 23.5 Å². The van der Waals surface area contributed by atoms with Gasteiger partial charge < -0.3 is 18.9 Å². The lowest BCUT2D eigenvalue weighted by atomic mass is 9.83. The highest BCUT2D eigenvalue weighted by molar-refractivity contribution is 6.30. The third kappa shape index (κ3) is 8.88. The maximum atomic E-state index is 11.9. The summed E-state index contributed by atoms with van der Waals surface area (Å²) < 4.78 is 23.9. The monoisotopic (exact) mass is 586 g/mol. The van der Waals surface area contributed by atoms with Crippen LogP contribution in [-0.4, -0.2) is 36.1 Å². The summed E-state index contributed by atoms with van der Waals surface area (Å²) in [5.74, 6) is 1.59. The summed E-state index contributed by atoms with van der Waals surface area (Å²) in [5, 5.41) is -0.713. The van der Waals surface area contributed by atoms with Crippen LogP contribution in [0.15, 0.2) is 24.3 Å². The number of benzene rings is 2. The fourth-order valence-electron chi connectivity index (χ4n) is 5.55. The van der Waals surface area contributed by atoms with Crippen molar-refractivity contribution in [3.05, 3.63) is 52.1 Å². The smallest absolute Gasteiger partial charge is 0.324 e. The molecule has 0 saturated carbocycles. The minimum absolute atomic E-state index is 0.313. The number of carbonyl (C=O) groups excluding carboxylic acids is 2. The summed E-state index contributed by atoms with van der Waals surface area (Å²) in [6.45, 7) is 12.2. The molecule has 1 aliphatic rings. The van der Waals surface area contributed by atoms with Crippen molar-refractivity contribution in [1.29, 1.82) is 0 Å². The Morgan fingerprint density at radius 1 is 0.976 bits per heavy atom. The summed E-state index contributed by atoms with van der Waals surface area (Å²) in [6, 6.07) is 7.72. The van der Waals surface area contributed by atoms with E-state index >= 15 is 0 Å². The van der Waals surface area contributed by atoms with E-state index in [-0.39, 0.29) is 5.97 Å². The van der Waals surface area contributed by atoms with Crippen LogP contribution in [0.3, 0.4) is 0 Å². The third-order valence-corrected chi connectivity index (χ3v) is 8.41. The Labute approximate surface area is 251 Å². The molecular weight excluding hydrogens is 540 g/mol. The first kappa shape index (κ1) is 32.8. The van der Waals surface area contributed by atoms with Crippen molar-refractivity contribution in [2.45, 2.75) is 117 Å². The van der Waals surface area contributed by atoms with E-state index < -0.39 is 16.9 Å². The molecular formula is C34H47ClO6. The molecule has 1 heterocycles. The van der Waals surface area contributed by atoms with Gasteiger partial charge in [0.1, 0.15) is 34.8 Å². The molecule has 0 aromatic heterocycles. The summed E-state index contributed by atoms with van der Waals surface area (Å²) in [7, 11) is 0. The van der Waals surface area contributed by atoms with Gasteiger partial charge in [0.25, 0.3) is 0 Å². The number of hydrogen-bond donors (Lipinski definition) is 0. The van der Waals surface area contributed by atoms with Crippen molar-refractivity contribution in [3.8, 4) is 17.2 Å². The van der Waals surface area contributed by atoms with E-state index in [4.69, 9.17) is 30.5 Å². The molecule has 0 aliphatic carbocycles. The second kappa shape index (κ2) is 15.5. The van der Waals surface area contributed by atoms with Crippen molar-refractivity contribution in [3.63, 3.8) is 0 Å². The predicted octanol–water partition coefficient (Wildman–Crippen LogP) is 8.14. The first-order valence-corrected chi connectivity index (χ1v) is 15.6. The molecule has 2 atom stereocenters. The van der Waals surface area contributed by atoms with Crippen LogP contribution in [0.2, 0.25) is 0 Å². The number of rotatable bonds is 15. The van der Waals surface area contributed by atoms with E-state index in [9.17, 15) is 9.59 Å². The van der Waals surface area contributed by atoms with Gasteiger partial charge in [0.15, 0.2) is 0 Å². The van der Waals surface area contributed by atoms with Crippen LogP contribution >= 0.6 is 11.6 Å². The topological polar surface area (TPSA) is 71.1 Å². The molecule has 0 saturated heterocycles. The number of carbonyl (C=O) groups is 2. The molecule has 0 radical (unpaired) electrons. The zero-order valence-electron chi connectivity index (χ0n) is 25.7. The maximum absolute atomic E-state index is 11.9. The first-order chi connectivity index (χ1) is 19.6. The fourth-order valence-corrected chi connectivity index (χ4v) is 5.79. The number of unbranched alkanes of at least 4 members (excludes halogenated alkanes) is 5. The van der Waals surface area contributed by atoms with Gasteiger partial charge in [0, 0.05) is 12.5 Å². The van der Waals surface area contributed by atoms with Gasteiger partial charge in [0.05, 0.1) is 6.61 Å². The Morgan fingerprint density at radius 3 is 2.32 bits per heavy atom. The van der Waals surface area contributed by atoms with Gasteiger partial charge in [-0.25, -0.2) is 0 Å². The van der Waals surface area contributed by atoms with Crippen molar-refractivity contribution < 1.29 is 28.5 Å². The number of alkyl halides is 1. The summed E-state index contributed by atoms with van der Waals surface area (Å²) in [6.07, 6.45) is 10.2. The van der Waals surface area contributed by atoms with E-state index in [2.05, 4.69) is 6.92 Å². The molecule has 0 amide bonds. The average Bonchev–Trinajstić information content (AvgIpc) is 2.95. The van der Waals surface area contributed by atoms with Crippen LogP contribution in [0, 0.1) is 20.8 Å². The van der Waals surface area contributed by atoms with Gasteiger partial charge in [0.2, 0.25) is 0 Å². The summed E-state index contributed by atoms with van der Waals surface area (Å²) in [5.41, 5.74) is 4.53. The number of halogens is 1. The van der Waals surface area contributed by atoms with E-state index in [1.807, 2.05) is 45.0 Å². The van der Waals surface area contributed by atoms with Gasteiger partial charge in [-0.05, 0) is 94.2 Å². The maximum Gasteiger partial charge on any atom is 0.324 e. The largest absolute Gasteiger partial charge is 0.489 e. The highest BCUT2D eigenvalue weighted by atomic mass is 35.5. The SMILES string of the molecule is CCCCCCCCC1(COc2ccc(CC(Cl)C(=O)OCC)cc2)CCc2c(C)c(OC(C)=O)c(C)c(C)c2O1. The standard InChI is InChI=1S/C34H47ClO6/c1-7-9-10-11-12-13-19-34(22-39-28-16-14-27(15-17-28)21-30(35)33(37)38-8-2)20-18-29-25(5)31(40-26(6)36)23(3)24(4)32(29)41-34/h14-17,30H,7-13,18-22H2,1-6H3. The molecule has 1 aliphatic heterocycles. The second-order valence-corrected chi connectivity index (χ2v) is 11.8. The van der Waals surface area contributed by atoms with Crippen LogP contribution in [0.4, 0.5) is 0 Å². The molecule has 2 aromatic rings. The van der Waals surface area contributed by atoms with Crippen LogP contribution in [-0.2, 0) is 27.2 Å². The Bertz CT molecular complexity index is 1170. The van der Waals surface area contributed by atoms with Gasteiger partial charge >= 0.3 is 11.9 Å². The normalized spacial score (nSPS) is 16.9. The molecule has 0 fully saturated rings. The van der Waals surface area contributed by atoms with Gasteiger partial charge in [-0.2, -0.15) is 0 Å². The van der Waals surface area contributed by atoms with E-state index in [1.165, 1.54) is 39.0 Å². The Kier molecular flexibility index (Phi) is 12.4. The van der Waals surface area contributed by atoms with E-state index in [1.54, 1.807) is 6.92 Å². The predicted molar refractivity (Wildman–Crippen MR) is 164 cm³/mol. The Balaban J connectivity index is 1.77. The Hall–Kier alpha value is -2.73. The fraction of sp³-hybridized carbons (Fsp3) is 0.588. The van der Waals surface area contributed by atoms with E-state index in [0.29, 0.717) is 25.4 Å². The molecule has 3 rings (SSSR count). The average molecular weight is 587 g/mol. The molecule has 0 spiro atoms. The Morgan fingerprint density at radius 2 is 1.66 bits per heavy atom. The van der Waals surface area contributed by atoms with Gasteiger partial charge in [-0.15, -0.1) is 11.6 Å². The molecule has 2 aromatic carbocycles. The highest BCUT2D eigenvalue weighted by Crippen LogP contribution is 2.45. The molecule has 0 N–H and O–H groups in total. The van der Waals surface area contributed by atoms with Gasteiger partial charge in [-0.1, -0.05) is 51.2 Å². The van der Waals surface area contributed by atoms with Crippen LogP contribution < -0.4 is 14.2 Å². The minimum atomic E-state index is -0.713. The zero-order valence-corrected chi connectivity index (χ0v) is 26.5. The van der Waals surface area contributed by atoms with Crippen LogP contribution in [0.5, 0.6) is 17.2 Å². The lowest BCUT2D eigenvalue weighted by molar-refractivity contribution is -0.142. The lowest BCUT2D eigenvalue weighted by Crippen LogP contribution is -2.45. The molecule has 7 heteroatoms. The highest BCUT2D eigenvalue weighted by Gasteiger charge is 2.39. The molecule has 41 heavy (non-hydrogen) atoms. The van der Waals surface area contributed by atoms with Crippen LogP contribution in [0.25, 0.3) is 0 Å². The molecule has 226 valence electrons. The van der Waals surface area contributed by atoms with Crippen molar-refractivity contribution in [2.75, 3.05) is 13.2 Å². The second-order valence-electron chi connectivity index (χ2n) is 11.3. The molecule has 2 unspecified atom stereocenters. The molecule has 6 nitrogen and oxygen atoms in total. The summed E-state index contributed by atoms with van der Waals surface area (Å²) in [4.78, 5) is 23.7. The van der Waals surface area contributed by atoms with Crippen molar-refractivity contribution in [2.24, 2.45) is 0 Å². The lowest BCUT2D eigenvalue weighted by Gasteiger charge is -2.40. The number of hydrogen-bond acceptors (Lipinski definition) is 6. The minimum Gasteiger partial charge on any atom is -0.489 e. The van der Waals surface area contributed by atoms with E-state index in [0.717, 1.165) is 65.0 Å². The first-order valence-electron chi connectivity index (χ1n) is 15.1. The quantitative estimate of drug-likeness (QED) is 0.0907. The number of ether oxygens (including phenoxy) is 4. The third-order valence-electron chi connectivity index (χ3n) is 8.07.